The number of benzene rings is 1. The number of nitrogens with zero attached hydrogens (tertiary/aromatic N) is 1. The first-order chi connectivity index (χ1) is 15.5. The first-order valence-electron chi connectivity index (χ1n) is 11.2. The van der Waals surface area contributed by atoms with Crippen LogP contribution in [0.2, 0.25) is 0 Å². The van der Waals surface area contributed by atoms with Gasteiger partial charge >= 0.3 is 6.09 Å². The van der Waals surface area contributed by atoms with Crippen molar-refractivity contribution in [3.8, 4) is 22.6 Å². The van der Waals surface area contributed by atoms with Crippen LogP contribution in [-0.4, -0.2) is 35.2 Å². The number of ether oxygens (including phenoxy) is 3. The summed E-state index contributed by atoms with van der Waals surface area (Å²) < 4.78 is 17.2. The summed E-state index contributed by atoms with van der Waals surface area (Å²) in [6.07, 6.45) is 2.07. The molecule has 2 unspecified atom stereocenters. The van der Waals surface area contributed by atoms with Crippen LogP contribution in [0.15, 0.2) is 30.5 Å². The summed E-state index contributed by atoms with van der Waals surface area (Å²) in [6.45, 7) is 11.9. The van der Waals surface area contributed by atoms with Gasteiger partial charge in [0, 0.05) is 36.4 Å². The molecule has 2 N–H and O–H groups in total. The third kappa shape index (κ3) is 7.10. The second-order valence-electron chi connectivity index (χ2n) is 9.55. The molecule has 2 aromatic rings. The zero-order valence-electron chi connectivity index (χ0n) is 20.2. The Labute approximate surface area is 195 Å². The number of carbonyl (C=O) groups is 2. The van der Waals surface area contributed by atoms with Crippen LogP contribution >= 0.6 is 0 Å². The molecule has 1 aliphatic rings. The van der Waals surface area contributed by atoms with Crippen LogP contribution < -0.4 is 20.1 Å². The predicted octanol–water partition coefficient (Wildman–Crippen LogP) is 4.92. The summed E-state index contributed by atoms with van der Waals surface area (Å²) in [5, 5.41) is 5.58. The van der Waals surface area contributed by atoms with Crippen LogP contribution in [0.5, 0.6) is 11.5 Å². The number of fused-ring (bicyclic) bond motifs is 3. The average molecular weight is 456 g/mol. The number of aromatic nitrogens is 1. The summed E-state index contributed by atoms with van der Waals surface area (Å²) in [7, 11) is 0. The molecular weight excluding hydrogens is 422 g/mol. The molecule has 0 bridgehead atoms. The van der Waals surface area contributed by atoms with Gasteiger partial charge in [0.2, 0.25) is 5.91 Å². The third-order valence-corrected chi connectivity index (χ3v) is 4.97. The second-order valence-corrected chi connectivity index (χ2v) is 9.55. The van der Waals surface area contributed by atoms with Gasteiger partial charge in [0.15, 0.2) is 0 Å². The van der Waals surface area contributed by atoms with E-state index in [2.05, 4.69) is 22.5 Å². The lowest BCUT2D eigenvalue weighted by molar-refractivity contribution is -0.114. The Hall–Kier alpha value is -3.29. The zero-order valence-corrected chi connectivity index (χ0v) is 20.2. The lowest BCUT2D eigenvalue weighted by Gasteiger charge is -2.24. The van der Waals surface area contributed by atoms with E-state index >= 15 is 0 Å². The first-order valence-corrected chi connectivity index (χ1v) is 11.2. The molecule has 0 saturated carbocycles. The van der Waals surface area contributed by atoms with Crippen molar-refractivity contribution >= 4 is 17.8 Å². The van der Waals surface area contributed by atoms with E-state index in [0.717, 1.165) is 28.9 Å². The summed E-state index contributed by atoms with van der Waals surface area (Å²) in [5.41, 5.74) is 2.36. The molecule has 8 heteroatoms. The van der Waals surface area contributed by atoms with Crippen LogP contribution in [-0.2, 0) is 16.1 Å². The Morgan fingerprint density at radius 3 is 2.64 bits per heavy atom. The number of anilines is 1. The van der Waals surface area contributed by atoms with Crippen LogP contribution in [0.25, 0.3) is 11.1 Å². The van der Waals surface area contributed by atoms with E-state index in [1.807, 2.05) is 52.0 Å². The van der Waals surface area contributed by atoms with Gasteiger partial charge in [0.05, 0.1) is 6.61 Å². The Morgan fingerprint density at radius 2 is 1.94 bits per heavy atom. The number of carbonyl (C=O) groups excluding carboxylic acids is 2. The molecule has 2 heterocycles. The minimum absolute atomic E-state index is 0.0340. The minimum atomic E-state index is -0.518. The van der Waals surface area contributed by atoms with Gasteiger partial charge in [-0.25, -0.2) is 9.78 Å². The highest BCUT2D eigenvalue weighted by Crippen LogP contribution is 2.40. The number of nitrogens with one attached hydrogen (secondary N) is 2. The SMILES string of the molecule is CC(=O)Nc1cc2c(cn1)COc1cc(OCC(C)CC(C)NC(=O)OC(C)(C)C)ccc1-2. The minimum Gasteiger partial charge on any atom is -0.493 e. The number of amides is 2. The highest BCUT2D eigenvalue weighted by Gasteiger charge is 2.21. The van der Waals surface area contributed by atoms with Gasteiger partial charge in [-0.2, -0.15) is 0 Å². The van der Waals surface area contributed by atoms with E-state index in [9.17, 15) is 9.59 Å². The van der Waals surface area contributed by atoms with Crippen molar-refractivity contribution in [3.63, 3.8) is 0 Å². The fraction of sp³-hybridized carbons (Fsp3) is 0.480. The number of hydrogen-bond acceptors (Lipinski definition) is 6. The lowest BCUT2D eigenvalue weighted by atomic mass is 9.98. The van der Waals surface area contributed by atoms with Gasteiger partial charge < -0.3 is 24.8 Å². The summed E-state index contributed by atoms with van der Waals surface area (Å²) >= 11 is 0. The van der Waals surface area contributed by atoms with E-state index in [1.54, 1.807) is 6.20 Å². The fourth-order valence-electron chi connectivity index (χ4n) is 3.67. The van der Waals surface area contributed by atoms with Crippen LogP contribution in [0.4, 0.5) is 10.6 Å². The maximum Gasteiger partial charge on any atom is 0.407 e. The van der Waals surface area contributed by atoms with E-state index in [-0.39, 0.29) is 17.9 Å². The largest absolute Gasteiger partial charge is 0.493 e. The van der Waals surface area contributed by atoms with Crippen molar-refractivity contribution in [2.45, 2.75) is 66.2 Å². The summed E-state index contributed by atoms with van der Waals surface area (Å²) in [4.78, 5) is 27.5. The van der Waals surface area contributed by atoms with Gasteiger partial charge in [-0.3, -0.25) is 4.79 Å². The van der Waals surface area contributed by atoms with Crippen molar-refractivity contribution in [2.75, 3.05) is 11.9 Å². The Bertz CT molecular complexity index is 1020. The molecule has 1 aromatic heterocycles. The number of hydrogen-bond donors (Lipinski definition) is 2. The molecule has 0 spiro atoms. The molecule has 1 aromatic carbocycles. The third-order valence-electron chi connectivity index (χ3n) is 4.97. The van der Waals surface area contributed by atoms with Crippen molar-refractivity contribution in [2.24, 2.45) is 5.92 Å². The molecule has 33 heavy (non-hydrogen) atoms. The van der Waals surface area contributed by atoms with E-state index < -0.39 is 11.7 Å². The normalized spacial score (nSPS) is 14.1. The molecule has 2 atom stereocenters. The van der Waals surface area contributed by atoms with Crippen LogP contribution in [0, 0.1) is 5.92 Å². The van der Waals surface area contributed by atoms with Gasteiger partial charge in [-0.05, 0) is 63.8 Å². The van der Waals surface area contributed by atoms with Crippen molar-refractivity contribution < 1.29 is 23.8 Å². The maximum atomic E-state index is 11.9. The fourth-order valence-corrected chi connectivity index (χ4v) is 3.67. The van der Waals surface area contributed by atoms with E-state index in [0.29, 0.717) is 24.8 Å². The standard InChI is InChI=1S/C25H33N3O5/c1-15(9-16(2)27-24(30)33-25(4,5)6)13-31-19-7-8-20-21-11-23(28-17(3)29)26-12-18(21)14-32-22(20)10-19/h7-8,10-12,15-16H,9,13-14H2,1-6H3,(H,27,30)(H,26,28,29). The smallest absolute Gasteiger partial charge is 0.407 e. The molecule has 1 aliphatic heterocycles. The number of pyridine rings is 1. The molecule has 2 amide bonds. The van der Waals surface area contributed by atoms with E-state index in [1.165, 1.54) is 6.92 Å². The van der Waals surface area contributed by atoms with Gasteiger partial charge in [0.1, 0.15) is 29.5 Å². The maximum absolute atomic E-state index is 11.9. The van der Waals surface area contributed by atoms with Crippen molar-refractivity contribution in [1.82, 2.24) is 10.3 Å². The van der Waals surface area contributed by atoms with Crippen molar-refractivity contribution in [3.05, 3.63) is 36.0 Å². The highest BCUT2D eigenvalue weighted by molar-refractivity contribution is 5.89. The molecule has 178 valence electrons. The average Bonchev–Trinajstić information content (AvgIpc) is 2.69. The van der Waals surface area contributed by atoms with Crippen LogP contribution in [0.3, 0.4) is 0 Å². The van der Waals surface area contributed by atoms with Gasteiger partial charge in [-0.15, -0.1) is 0 Å². The highest BCUT2D eigenvalue weighted by atomic mass is 16.6. The second kappa shape index (κ2) is 10.1. The lowest BCUT2D eigenvalue weighted by Crippen LogP contribution is -2.38. The predicted molar refractivity (Wildman–Crippen MR) is 126 cm³/mol. The van der Waals surface area contributed by atoms with Crippen molar-refractivity contribution in [1.29, 1.82) is 0 Å². The Kier molecular flexibility index (Phi) is 7.46. The molecule has 0 fully saturated rings. The van der Waals surface area contributed by atoms with Gasteiger partial charge in [0.25, 0.3) is 0 Å². The molecule has 3 rings (SSSR count). The molecule has 0 aliphatic carbocycles. The van der Waals surface area contributed by atoms with E-state index in [4.69, 9.17) is 14.2 Å². The molecular formula is C25H33N3O5. The number of alkyl carbamates (subject to hydrolysis) is 1. The molecule has 0 radical (unpaired) electrons. The first kappa shape index (κ1) is 24.4. The topological polar surface area (TPSA) is 98.8 Å². The Morgan fingerprint density at radius 1 is 1.18 bits per heavy atom. The monoisotopic (exact) mass is 455 g/mol. The van der Waals surface area contributed by atoms with Crippen LogP contribution in [0.1, 0.15) is 53.5 Å². The Balaban J connectivity index is 1.57. The molecule has 0 saturated heterocycles. The summed E-state index contributed by atoms with van der Waals surface area (Å²) in [6, 6.07) is 7.57. The van der Waals surface area contributed by atoms with Gasteiger partial charge in [-0.1, -0.05) is 6.92 Å². The number of rotatable bonds is 7. The molecule has 8 nitrogen and oxygen atoms in total. The quantitative estimate of drug-likeness (QED) is 0.615. The summed E-state index contributed by atoms with van der Waals surface area (Å²) in [5.74, 6) is 2.01. The zero-order chi connectivity index (χ0) is 24.2.